The van der Waals surface area contributed by atoms with E-state index in [1.807, 2.05) is 25.2 Å². The van der Waals surface area contributed by atoms with Gasteiger partial charge in [0.05, 0.1) is 6.10 Å². The fourth-order valence-electron chi connectivity index (χ4n) is 2.86. The van der Waals surface area contributed by atoms with Crippen LogP contribution in [0.5, 0.6) is 0 Å². The molecule has 1 aromatic rings. The van der Waals surface area contributed by atoms with Gasteiger partial charge in [0, 0.05) is 5.54 Å². The minimum Gasteiger partial charge on any atom is -0.386 e. The first-order chi connectivity index (χ1) is 7.69. The summed E-state index contributed by atoms with van der Waals surface area (Å²) in [6, 6.07) is 8.13. The van der Waals surface area contributed by atoms with Crippen molar-refractivity contribution in [2.75, 3.05) is 7.05 Å². The minimum absolute atomic E-state index is 0.105. The van der Waals surface area contributed by atoms with Gasteiger partial charge in [0.15, 0.2) is 0 Å². The number of aryl methyl sites for hydroxylation is 1. The van der Waals surface area contributed by atoms with E-state index >= 15 is 0 Å². The molecular weight excluding hydrogens is 198 g/mol. The first kappa shape index (κ1) is 11.6. The molecule has 2 N–H and O–H groups in total. The van der Waals surface area contributed by atoms with Crippen molar-refractivity contribution in [2.24, 2.45) is 0 Å². The SMILES string of the molecule is CNC1([C@@H](O)c2ccccc2C)CCCC1. The van der Waals surface area contributed by atoms with Crippen LogP contribution in [0, 0.1) is 6.92 Å². The molecule has 1 saturated carbocycles. The molecule has 0 radical (unpaired) electrons. The van der Waals surface area contributed by atoms with E-state index in [9.17, 15) is 5.11 Å². The van der Waals surface area contributed by atoms with Crippen molar-refractivity contribution >= 4 is 0 Å². The maximum absolute atomic E-state index is 10.6. The van der Waals surface area contributed by atoms with Gasteiger partial charge in [-0.25, -0.2) is 0 Å². The number of hydrogen-bond acceptors (Lipinski definition) is 2. The van der Waals surface area contributed by atoms with Gasteiger partial charge < -0.3 is 10.4 Å². The first-order valence-electron chi connectivity index (χ1n) is 6.12. The van der Waals surface area contributed by atoms with Gasteiger partial charge in [0.2, 0.25) is 0 Å². The van der Waals surface area contributed by atoms with Gasteiger partial charge in [-0.3, -0.25) is 0 Å². The number of likely N-dealkylation sites (N-methyl/N-ethyl adjacent to an activating group) is 1. The van der Waals surface area contributed by atoms with Crippen LogP contribution >= 0.6 is 0 Å². The molecule has 16 heavy (non-hydrogen) atoms. The summed E-state index contributed by atoms with van der Waals surface area (Å²) < 4.78 is 0. The average molecular weight is 219 g/mol. The average Bonchev–Trinajstić information content (AvgIpc) is 2.78. The van der Waals surface area contributed by atoms with Crippen LogP contribution < -0.4 is 5.32 Å². The molecule has 0 unspecified atom stereocenters. The van der Waals surface area contributed by atoms with E-state index in [-0.39, 0.29) is 11.6 Å². The summed E-state index contributed by atoms with van der Waals surface area (Å²) >= 11 is 0. The monoisotopic (exact) mass is 219 g/mol. The number of benzene rings is 1. The molecule has 0 aromatic heterocycles. The normalized spacial score (nSPS) is 20.9. The van der Waals surface area contributed by atoms with E-state index in [1.165, 1.54) is 18.4 Å². The van der Waals surface area contributed by atoms with Crippen molar-refractivity contribution in [3.63, 3.8) is 0 Å². The van der Waals surface area contributed by atoms with Crippen LogP contribution in [0.15, 0.2) is 24.3 Å². The molecule has 0 spiro atoms. The van der Waals surface area contributed by atoms with E-state index in [1.54, 1.807) is 0 Å². The van der Waals surface area contributed by atoms with Crippen LogP contribution in [0.1, 0.15) is 42.9 Å². The largest absolute Gasteiger partial charge is 0.386 e. The molecule has 0 amide bonds. The molecule has 0 saturated heterocycles. The van der Waals surface area contributed by atoms with Crippen LogP contribution in [-0.4, -0.2) is 17.7 Å². The fourth-order valence-corrected chi connectivity index (χ4v) is 2.86. The predicted octanol–water partition coefficient (Wildman–Crippen LogP) is 2.56. The topological polar surface area (TPSA) is 32.3 Å². The number of rotatable bonds is 3. The molecule has 1 atom stereocenters. The Kier molecular flexibility index (Phi) is 3.31. The summed E-state index contributed by atoms with van der Waals surface area (Å²) in [7, 11) is 1.97. The molecule has 0 bridgehead atoms. The lowest BCUT2D eigenvalue weighted by Crippen LogP contribution is -2.46. The molecule has 0 heterocycles. The van der Waals surface area contributed by atoms with Crippen LogP contribution in [0.2, 0.25) is 0 Å². The molecule has 2 nitrogen and oxygen atoms in total. The Morgan fingerprint density at radius 1 is 1.25 bits per heavy atom. The van der Waals surface area contributed by atoms with Gasteiger partial charge in [-0.05, 0) is 37.9 Å². The highest BCUT2D eigenvalue weighted by Gasteiger charge is 2.40. The third-order valence-electron chi connectivity index (χ3n) is 4.00. The summed E-state index contributed by atoms with van der Waals surface area (Å²) in [5.74, 6) is 0. The smallest absolute Gasteiger partial charge is 0.0973 e. The van der Waals surface area contributed by atoms with Crippen molar-refractivity contribution in [1.82, 2.24) is 5.32 Å². The summed E-state index contributed by atoms with van der Waals surface area (Å²) in [5.41, 5.74) is 2.14. The maximum Gasteiger partial charge on any atom is 0.0973 e. The lowest BCUT2D eigenvalue weighted by Gasteiger charge is -2.35. The second kappa shape index (κ2) is 4.56. The first-order valence-corrected chi connectivity index (χ1v) is 6.12. The summed E-state index contributed by atoms with van der Waals surface area (Å²) in [6.07, 6.45) is 4.17. The number of aliphatic hydroxyl groups is 1. The highest BCUT2D eigenvalue weighted by molar-refractivity contribution is 5.30. The zero-order valence-electron chi connectivity index (χ0n) is 10.2. The fraction of sp³-hybridized carbons (Fsp3) is 0.571. The van der Waals surface area contributed by atoms with Gasteiger partial charge in [-0.2, -0.15) is 0 Å². The molecule has 0 aliphatic heterocycles. The van der Waals surface area contributed by atoms with Crippen LogP contribution in [0.4, 0.5) is 0 Å². The number of aliphatic hydroxyl groups excluding tert-OH is 1. The van der Waals surface area contributed by atoms with Crippen molar-refractivity contribution in [2.45, 2.75) is 44.2 Å². The highest BCUT2D eigenvalue weighted by atomic mass is 16.3. The number of nitrogens with one attached hydrogen (secondary N) is 1. The van der Waals surface area contributed by atoms with Crippen molar-refractivity contribution in [1.29, 1.82) is 0 Å². The van der Waals surface area contributed by atoms with Crippen LogP contribution in [0.3, 0.4) is 0 Å². The van der Waals surface area contributed by atoms with E-state index < -0.39 is 0 Å². The second-order valence-corrected chi connectivity index (χ2v) is 4.87. The Hall–Kier alpha value is -0.860. The zero-order chi connectivity index (χ0) is 11.6. The third-order valence-corrected chi connectivity index (χ3v) is 4.00. The van der Waals surface area contributed by atoms with E-state index in [0.717, 1.165) is 18.4 Å². The van der Waals surface area contributed by atoms with E-state index in [4.69, 9.17) is 0 Å². The Morgan fingerprint density at radius 3 is 2.44 bits per heavy atom. The third kappa shape index (κ3) is 1.87. The quantitative estimate of drug-likeness (QED) is 0.819. The molecule has 1 fully saturated rings. The Morgan fingerprint density at radius 2 is 1.88 bits per heavy atom. The maximum atomic E-state index is 10.6. The lowest BCUT2D eigenvalue weighted by atomic mass is 9.84. The van der Waals surface area contributed by atoms with Crippen molar-refractivity contribution < 1.29 is 5.11 Å². The molecule has 2 heteroatoms. The summed E-state index contributed by atoms with van der Waals surface area (Å²) in [6.45, 7) is 2.07. The van der Waals surface area contributed by atoms with Crippen molar-refractivity contribution in [3.05, 3.63) is 35.4 Å². The van der Waals surface area contributed by atoms with Crippen LogP contribution in [-0.2, 0) is 0 Å². The Balaban J connectivity index is 2.30. The van der Waals surface area contributed by atoms with Gasteiger partial charge in [-0.15, -0.1) is 0 Å². The zero-order valence-corrected chi connectivity index (χ0v) is 10.2. The minimum atomic E-state index is -0.388. The predicted molar refractivity (Wildman–Crippen MR) is 66.4 cm³/mol. The van der Waals surface area contributed by atoms with Gasteiger partial charge in [-0.1, -0.05) is 37.1 Å². The molecule has 2 rings (SSSR count). The molecule has 1 aliphatic rings. The standard InChI is InChI=1S/C14H21NO/c1-11-7-3-4-8-12(11)13(16)14(15-2)9-5-6-10-14/h3-4,7-8,13,15-16H,5-6,9-10H2,1-2H3/t13-/m0/s1. The molecular formula is C14H21NO. The van der Waals surface area contributed by atoms with Crippen LogP contribution in [0.25, 0.3) is 0 Å². The molecule has 1 aromatic carbocycles. The summed E-state index contributed by atoms with van der Waals surface area (Å²) in [4.78, 5) is 0. The lowest BCUT2D eigenvalue weighted by molar-refractivity contribution is 0.0662. The number of hydrogen-bond donors (Lipinski definition) is 2. The van der Waals surface area contributed by atoms with Gasteiger partial charge >= 0.3 is 0 Å². The summed E-state index contributed by atoms with van der Waals surface area (Å²) in [5, 5.41) is 13.9. The van der Waals surface area contributed by atoms with Gasteiger partial charge in [0.25, 0.3) is 0 Å². The second-order valence-electron chi connectivity index (χ2n) is 4.87. The van der Waals surface area contributed by atoms with E-state index in [2.05, 4.69) is 18.3 Å². The van der Waals surface area contributed by atoms with E-state index in [0.29, 0.717) is 0 Å². The Bertz CT molecular complexity index is 356. The molecule has 88 valence electrons. The van der Waals surface area contributed by atoms with Crippen molar-refractivity contribution in [3.8, 4) is 0 Å². The Labute approximate surface area is 97.7 Å². The van der Waals surface area contributed by atoms with Gasteiger partial charge in [0.1, 0.15) is 0 Å². The molecule has 1 aliphatic carbocycles. The highest BCUT2D eigenvalue weighted by Crippen LogP contribution is 2.40.